The number of nitrogens with zero attached hydrogens (tertiary/aromatic N) is 2. The third kappa shape index (κ3) is 3.19. The van der Waals surface area contributed by atoms with Gasteiger partial charge in [0.25, 0.3) is 0 Å². The Hall–Kier alpha value is -0.120. The number of hydrogen-bond donors (Lipinski definition) is 1. The van der Waals surface area contributed by atoms with Crippen molar-refractivity contribution in [1.82, 2.24) is 15.1 Å². The van der Waals surface area contributed by atoms with Gasteiger partial charge in [0.15, 0.2) is 0 Å². The standard InChI is InChI=1S/C13H27N3/c1-14-12-5-3-6-13(11-12)16-8-4-7-15(2)9-10-16/h12-14H,3-11H2,1-2H3/t12-,13-/m1/s1. The van der Waals surface area contributed by atoms with Crippen LogP contribution in [0.15, 0.2) is 0 Å². The summed E-state index contributed by atoms with van der Waals surface area (Å²) in [5.41, 5.74) is 0. The molecule has 2 rings (SSSR count). The molecule has 1 aliphatic carbocycles. The molecule has 1 saturated heterocycles. The van der Waals surface area contributed by atoms with E-state index in [1.54, 1.807) is 0 Å². The van der Waals surface area contributed by atoms with Crippen molar-refractivity contribution in [3.8, 4) is 0 Å². The van der Waals surface area contributed by atoms with Crippen LogP contribution in [0.3, 0.4) is 0 Å². The summed E-state index contributed by atoms with van der Waals surface area (Å²) in [4.78, 5) is 5.21. The average molecular weight is 225 g/mol. The molecule has 2 fully saturated rings. The number of nitrogens with one attached hydrogen (secondary N) is 1. The van der Waals surface area contributed by atoms with Gasteiger partial charge < -0.3 is 10.2 Å². The quantitative estimate of drug-likeness (QED) is 0.761. The van der Waals surface area contributed by atoms with Crippen molar-refractivity contribution >= 4 is 0 Å². The van der Waals surface area contributed by atoms with Crippen LogP contribution in [-0.2, 0) is 0 Å². The predicted octanol–water partition coefficient (Wildman–Crippen LogP) is 1.15. The zero-order valence-corrected chi connectivity index (χ0v) is 10.9. The highest BCUT2D eigenvalue weighted by molar-refractivity contribution is 4.84. The summed E-state index contributed by atoms with van der Waals surface area (Å²) < 4.78 is 0. The summed E-state index contributed by atoms with van der Waals surface area (Å²) >= 11 is 0. The molecule has 2 atom stereocenters. The molecule has 16 heavy (non-hydrogen) atoms. The fourth-order valence-electron chi connectivity index (χ4n) is 3.19. The molecule has 1 heterocycles. The van der Waals surface area contributed by atoms with E-state index >= 15 is 0 Å². The molecule has 94 valence electrons. The Bertz CT molecular complexity index is 207. The predicted molar refractivity (Wildman–Crippen MR) is 68.8 cm³/mol. The molecule has 0 aromatic rings. The highest BCUT2D eigenvalue weighted by atomic mass is 15.2. The lowest BCUT2D eigenvalue weighted by molar-refractivity contribution is 0.146. The number of hydrogen-bond acceptors (Lipinski definition) is 3. The first-order chi connectivity index (χ1) is 7.79. The van der Waals surface area contributed by atoms with Gasteiger partial charge in [-0.15, -0.1) is 0 Å². The highest BCUT2D eigenvalue weighted by Gasteiger charge is 2.26. The summed E-state index contributed by atoms with van der Waals surface area (Å²) in [5, 5.41) is 3.46. The van der Waals surface area contributed by atoms with Gasteiger partial charge in [0.05, 0.1) is 0 Å². The van der Waals surface area contributed by atoms with Gasteiger partial charge in [0.1, 0.15) is 0 Å². The Morgan fingerprint density at radius 1 is 1.00 bits per heavy atom. The van der Waals surface area contributed by atoms with Gasteiger partial charge in [0.2, 0.25) is 0 Å². The van der Waals surface area contributed by atoms with E-state index in [1.165, 1.54) is 58.3 Å². The molecule has 3 heteroatoms. The third-order valence-electron chi connectivity index (χ3n) is 4.33. The van der Waals surface area contributed by atoms with Gasteiger partial charge in [-0.3, -0.25) is 4.90 Å². The van der Waals surface area contributed by atoms with Crippen molar-refractivity contribution in [3.63, 3.8) is 0 Å². The van der Waals surface area contributed by atoms with Crippen LogP contribution >= 0.6 is 0 Å². The Labute approximate surface area is 100 Å². The summed E-state index contributed by atoms with van der Waals surface area (Å²) in [6.07, 6.45) is 6.91. The first kappa shape index (κ1) is 12.3. The Kier molecular flexibility index (Phi) is 4.62. The van der Waals surface area contributed by atoms with Crippen LogP contribution in [-0.4, -0.2) is 62.2 Å². The number of likely N-dealkylation sites (N-methyl/N-ethyl adjacent to an activating group) is 1. The van der Waals surface area contributed by atoms with Crippen molar-refractivity contribution in [3.05, 3.63) is 0 Å². The second-order valence-corrected chi connectivity index (χ2v) is 5.50. The first-order valence-electron chi connectivity index (χ1n) is 6.89. The minimum absolute atomic E-state index is 0.764. The van der Waals surface area contributed by atoms with Crippen LogP contribution in [0.4, 0.5) is 0 Å². The van der Waals surface area contributed by atoms with Crippen molar-refractivity contribution in [1.29, 1.82) is 0 Å². The molecule has 1 saturated carbocycles. The molecule has 3 nitrogen and oxygen atoms in total. The van der Waals surface area contributed by atoms with Crippen molar-refractivity contribution in [2.75, 3.05) is 40.3 Å². The fourth-order valence-corrected chi connectivity index (χ4v) is 3.19. The second-order valence-electron chi connectivity index (χ2n) is 5.50. The summed E-state index contributed by atoms with van der Waals surface area (Å²) in [6.45, 7) is 5.11. The Morgan fingerprint density at radius 3 is 2.69 bits per heavy atom. The summed E-state index contributed by atoms with van der Waals surface area (Å²) in [5.74, 6) is 0. The molecular formula is C13H27N3. The lowest BCUT2D eigenvalue weighted by atomic mass is 9.90. The summed E-state index contributed by atoms with van der Waals surface area (Å²) in [6, 6.07) is 1.61. The van der Waals surface area contributed by atoms with E-state index in [0.29, 0.717) is 0 Å². The minimum atomic E-state index is 0.764. The second kappa shape index (κ2) is 5.99. The SMILES string of the molecule is CN[C@@H]1CCC[C@@H](N2CCCN(C)CC2)C1. The molecule has 0 aromatic heterocycles. The highest BCUT2D eigenvalue weighted by Crippen LogP contribution is 2.23. The van der Waals surface area contributed by atoms with E-state index in [0.717, 1.165) is 12.1 Å². The van der Waals surface area contributed by atoms with E-state index in [9.17, 15) is 0 Å². The molecule has 0 amide bonds. The number of rotatable bonds is 2. The zero-order chi connectivity index (χ0) is 11.4. The van der Waals surface area contributed by atoms with Crippen molar-refractivity contribution in [2.24, 2.45) is 0 Å². The van der Waals surface area contributed by atoms with Gasteiger partial charge in [-0.1, -0.05) is 6.42 Å². The van der Waals surface area contributed by atoms with Crippen LogP contribution < -0.4 is 5.32 Å². The van der Waals surface area contributed by atoms with E-state index in [2.05, 4.69) is 29.2 Å². The molecule has 2 aliphatic rings. The lowest BCUT2D eigenvalue weighted by Crippen LogP contribution is -2.44. The maximum Gasteiger partial charge on any atom is 0.0112 e. The average Bonchev–Trinajstić information content (AvgIpc) is 2.54. The molecule has 0 bridgehead atoms. The molecule has 0 radical (unpaired) electrons. The molecule has 1 aliphatic heterocycles. The maximum absolute atomic E-state index is 3.46. The van der Waals surface area contributed by atoms with Gasteiger partial charge in [0, 0.05) is 25.2 Å². The molecule has 0 unspecified atom stereocenters. The largest absolute Gasteiger partial charge is 0.317 e. The van der Waals surface area contributed by atoms with E-state index in [1.807, 2.05) is 0 Å². The third-order valence-corrected chi connectivity index (χ3v) is 4.33. The van der Waals surface area contributed by atoms with Gasteiger partial charge in [-0.05, 0) is 52.9 Å². The van der Waals surface area contributed by atoms with Gasteiger partial charge in [-0.2, -0.15) is 0 Å². The van der Waals surface area contributed by atoms with Crippen LogP contribution in [0, 0.1) is 0 Å². The molecule has 1 N–H and O–H groups in total. The van der Waals surface area contributed by atoms with Crippen molar-refractivity contribution in [2.45, 2.75) is 44.2 Å². The fraction of sp³-hybridized carbons (Fsp3) is 1.00. The Balaban J connectivity index is 1.85. The molecule has 0 spiro atoms. The zero-order valence-electron chi connectivity index (χ0n) is 10.9. The van der Waals surface area contributed by atoms with Crippen LogP contribution in [0.25, 0.3) is 0 Å². The maximum atomic E-state index is 3.46. The molecule has 0 aromatic carbocycles. The molecular weight excluding hydrogens is 198 g/mol. The minimum Gasteiger partial charge on any atom is -0.317 e. The van der Waals surface area contributed by atoms with Crippen LogP contribution in [0.5, 0.6) is 0 Å². The van der Waals surface area contributed by atoms with E-state index < -0.39 is 0 Å². The van der Waals surface area contributed by atoms with Crippen molar-refractivity contribution < 1.29 is 0 Å². The monoisotopic (exact) mass is 225 g/mol. The van der Waals surface area contributed by atoms with Crippen LogP contribution in [0.1, 0.15) is 32.1 Å². The summed E-state index contributed by atoms with van der Waals surface area (Å²) in [7, 11) is 4.37. The van der Waals surface area contributed by atoms with Crippen LogP contribution in [0.2, 0.25) is 0 Å². The normalized spacial score (nSPS) is 34.9. The van der Waals surface area contributed by atoms with Gasteiger partial charge in [-0.25, -0.2) is 0 Å². The Morgan fingerprint density at radius 2 is 1.88 bits per heavy atom. The topological polar surface area (TPSA) is 18.5 Å². The smallest absolute Gasteiger partial charge is 0.0112 e. The van der Waals surface area contributed by atoms with E-state index in [-0.39, 0.29) is 0 Å². The van der Waals surface area contributed by atoms with E-state index in [4.69, 9.17) is 0 Å². The first-order valence-corrected chi connectivity index (χ1v) is 6.89. The lowest BCUT2D eigenvalue weighted by Gasteiger charge is -2.37. The van der Waals surface area contributed by atoms with Gasteiger partial charge >= 0.3 is 0 Å².